The Morgan fingerprint density at radius 2 is 1.50 bits per heavy atom. The summed E-state index contributed by atoms with van der Waals surface area (Å²) in [5.41, 5.74) is 10.4. The van der Waals surface area contributed by atoms with Crippen LogP contribution in [0.1, 0.15) is 42.4 Å². The summed E-state index contributed by atoms with van der Waals surface area (Å²) in [7, 11) is 0. The van der Waals surface area contributed by atoms with Crippen molar-refractivity contribution in [2.24, 2.45) is 5.73 Å². The van der Waals surface area contributed by atoms with Gasteiger partial charge in [0, 0.05) is 5.54 Å². The van der Waals surface area contributed by atoms with Gasteiger partial charge in [-0.1, -0.05) is 42.2 Å². The van der Waals surface area contributed by atoms with Gasteiger partial charge in [0.05, 0.1) is 0 Å². The van der Waals surface area contributed by atoms with Crippen molar-refractivity contribution in [2.75, 3.05) is 0 Å². The lowest BCUT2D eigenvalue weighted by Crippen LogP contribution is -2.33. The number of benzene rings is 1. The summed E-state index contributed by atoms with van der Waals surface area (Å²) in [6.45, 7) is 4.30. The lowest BCUT2D eigenvalue weighted by atomic mass is 9.87. The van der Waals surface area contributed by atoms with Crippen LogP contribution in [0.2, 0.25) is 0 Å². The summed E-state index contributed by atoms with van der Waals surface area (Å²) in [5, 5.41) is 0. The van der Waals surface area contributed by atoms with Crippen molar-refractivity contribution in [3.63, 3.8) is 0 Å². The highest BCUT2D eigenvalue weighted by molar-refractivity contribution is 5.33. The average Bonchev–Trinajstić information content (AvgIpc) is 2.52. The van der Waals surface area contributed by atoms with E-state index in [0.717, 1.165) is 12.8 Å². The Balaban J connectivity index is 2.40. The van der Waals surface area contributed by atoms with Crippen LogP contribution in [0.15, 0.2) is 18.2 Å². The Bertz CT molecular complexity index is 315. The van der Waals surface area contributed by atoms with Crippen LogP contribution >= 0.6 is 0 Å². The van der Waals surface area contributed by atoms with Gasteiger partial charge in [-0.05, 0) is 32.3 Å². The van der Waals surface area contributed by atoms with E-state index in [4.69, 9.17) is 5.73 Å². The zero-order chi connectivity index (χ0) is 10.2. The highest BCUT2D eigenvalue weighted by Gasteiger charge is 2.31. The first-order valence-electron chi connectivity index (χ1n) is 5.48. The van der Waals surface area contributed by atoms with E-state index < -0.39 is 0 Å². The molecule has 0 bridgehead atoms. The largest absolute Gasteiger partial charge is 0.321 e. The highest BCUT2D eigenvalue weighted by Crippen LogP contribution is 2.36. The number of rotatable bonds is 1. The topological polar surface area (TPSA) is 26.0 Å². The minimum absolute atomic E-state index is 0.0310. The molecule has 1 aromatic carbocycles. The van der Waals surface area contributed by atoms with Crippen LogP contribution in [0.25, 0.3) is 0 Å². The minimum Gasteiger partial charge on any atom is -0.321 e. The summed E-state index contributed by atoms with van der Waals surface area (Å²) < 4.78 is 0. The van der Waals surface area contributed by atoms with Crippen LogP contribution in [-0.2, 0) is 5.54 Å². The van der Waals surface area contributed by atoms with Crippen LogP contribution in [0.5, 0.6) is 0 Å². The van der Waals surface area contributed by atoms with Crippen LogP contribution in [0.4, 0.5) is 0 Å². The van der Waals surface area contributed by atoms with Gasteiger partial charge in [0.2, 0.25) is 0 Å². The maximum Gasteiger partial charge on any atom is 0.0409 e. The third-order valence-corrected chi connectivity index (χ3v) is 3.29. The third-order valence-electron chi connectivity index (χ3n) is 3.29. The molecule has 1 saturated carbocycles. The smallest absolute Gasteiger partial charge is 0.0409 e. The molecule has 1 heteroatoms. The molecule has 0 amide bonds. The number of hydrogen-bond donors (Lipinski definition) is 1. The Morgan fingerprint density at radius 1 is 1.00 bits per heavy atom. The van der Waals surface area contributed by atoms with E-state index in [-0.39, 0.29) is 5.54 Å². The predicted molar refractivity (Wildman–Crippen MR) is 60.2 cm³/mol. The second-order valence-electron chi connectivity index (χ2n) is 4.74. The second kappa shape index (κ2) is 3.39. The van der Waals surface area contributed by atoms with E-state index in [1.54, 1.807) is 0 Å². The number of nitrogens with two attached hydrogens (primary N) is 1. The molecule has 0 atom stereocenters. The van der Waals surface area contributed by atoms with Gasteiger partial charge in [-0.25, -0.2) is 0 Å². The molecule has 76 valence electrons. The molecular formula is C13H19N. The minimum atomic E-state index is -0.0310. The summed E-state index contributed by atoms with van der Waals surface area (Å²) in [5.74, 6) is 0. The van der Waals surface area contributed by atoms with E-state index >= 15 is 0 Å². The van der Waals surface area contributed by atoms with Gasteiger partial charge in [0.25, 0.3) is 0 Å². The van der Waals surface area contributed by atoms with Crippen molar-refractivity contribution >= 4 is 0 Å². The highest BCUT2D eigenvalue weighted by atomic mass is 14.8. The van der Waals surface area contributed by atoms with Crippen LogP contribution in [0.3, 0.4) is 0 Å². The normalized spacial score (nSPS) is 19.9. The molecule has 0 saturated heterocycles. The van der Waals surface area contributed by atoms with Gasteiger partial charge >= 0.3 is 0 Å². The van der Waals surface area contributed by atoms with E-state index in [9.17, 15) is 0 Å². The fourth-order valence-electron chi connectivity index (χ4n) is 2.56. The van der Waals surface area contributed by atoms with Crippen molar-refractivity contribution in [1.29, 1.82) is 0 Å². The Morgan fingerprint density at radius 3 is 2.00 bits per heavy atom. The van der Waals surface area contributed by atoms with Crippen molar-refractivity contribution < 1.29 is 0 Å². The second-order valence-corrected chi connectivity index (χ2v) is 4.74. The van der Waals surface area contributed by atoms with Crippen molar-refractivity contribution in [3.05, 3.63) is 34.9 Å². The van der Waals surface area contributed by atoms with Gasteiger partial charge in [-0.2, -0.15) is 0 Å². The summed E-state index contributed by atoms with van der Waals surface area (Å²) in [6.07, 6.45) is 4.86. The lowest BCUT2D eigenvalue weighted by molar-refractivity contribution is 0.461. The van der Waals surface area contributed by atoms with Crippen LogP contribution < -0.4 is 5.73 Å². The van der Waals surface area contributed by atoms with Crippen LogP contribution in [-0.4, -0.2) is 0 Å². The standard InChI is InChI=1S/C13H19N/c1-10-7-11(2)9-12(8-10)13(14)5-3-4-6-13/h7-9H,3-6,14H2,1-2H3. The average molecular weight is 189 g/mol. The summed E-state index contributed by atoms with van der Waals surface area (Å²) in [4.78, 5) is 0. The molecular weight excluding hydrogens is 170 g/mol. The van der Waals surface area contributed by atoms with Gasteiger partial charge in [0.15, 0.2) is 0 Å². The zero-order valence-electron chi connectivity index (χ0n) is 9.14. The summed E-state index contributed by atoms with van der Waals surface area (Å²) in [6, 6.07) is 6.71. The molecule has 2 rings (SSSR count). The van der Waals surface area contributed by atoms with Crippen LogP contribution in [0, 0.1) is 13.8 Å². The van der Waals surface area contributed by atoms with E-state index in [0.29, 0.717) is 0 Å². The van der Waals surface area contributed by atoms with E-state index in [2.05, 4.69) is 32.0 Å². The van der Waals surface area contributed by atoms with Gasteiger partial charge in [0.1, 0.15) is 0 Å². The molecule has 14 heavy (non-hydrogen) atoms. The fraction of sp³-hybridized carbons (Fsp3) is 0.538. The van der Waals surface area contributed by atoms with Gasteiger partial charge in [-0.3, -0.25) is 0 Å². The maximum absolute atomic E-state index is 6.42. The first-order valence-corrected chi connectivity index (χ1v) is 5.48. The molecule has 0 radical (unpaired) electrons. The lowest BCUT2D eigenvalue weighted by Gasteiger charge is -2.25. The maximum atomic E-state index is 6.42. The molecule has 2 N–H and O–H groups in total. The van der Waals surface area contributed by atoms with E-state index in [1.165, 1.54) is 29.5 Å². The molecule has 0 spiro atoms. The molecule has 0 aliphatic heterocycles. The Labute approximate surface area is 86.3 Å². The first kappa shape index (κ1) is 9.72. The Hall–Kier alpha value is -0.820. The number of hydrogen-bond acceptors (Lipinski definition) is 1. The molecule has 0 unspecified atom stereocenters. The van der Waals surface area contributed by atoms with Crippen molar-refractivity contribution in [2.45, 2.75) is 45.1 Å². The SMILES string of the molecule is Cc1cc(C)cc(C2(N)CCCC2)c1. The molecule has 1 aromatic rings. The number of aryl methyl sites for hydroxylation is 2. The van der Waals surface area contributed by atoms with Gasteiger partial charge in [-0.15, -0.1) is 0 Å². The molecule has 1 fully saturated rings. The van der Waals surface area contributed by atoms with Crippen molar-refractivity contribution in [3.8, 4) is 0 Å². The monoisotopic (exact) mass is 189 g/mol. The molecule has 1 aliphatic carbocycles. The molecule has 0 aromatic heterocycles. The Kier molecular flexibility index (Phi) is 2.36. The predicted octanol–water partition coefficient (Wildman–Crippen LogP) is 3.03. The van der Waals surface area contributed by atoms with Gasteiger partial charge < -0.3 is 5.73 Å². The first-order chi connectivity index (χ1) is 6.60. The third kappa shape index (κ3) is 1.69. The molecule has 0 heterocycles. The molecule has 1 nitrogen and oxygen atoms in total. The summed E-state index contributed by atoms with van der Waals surface area (Å²) >= 11 is 0. The quantitative estimate of drug-likeness (QED) is 0.722. The van der Waals surface area contributed by atoms with E-state index in [1.807, 2.05) is 0 Å². The fourth-order valence-corrected chi connectivity index (χ4v) is 2.56. The molecule has 1 aliphatic rings. The zero-order valence-corrected chi connectivity index (χ0v) is 9.14. The van der Waals surface area contributed by atoms with Crippen molar-refractivity contribution in [1.82, 2.24) is 0 Å².